The first-order valence-electron chi connectivity index (χ1n) is 9.05. The fraction of sp³-hybridized carbons (Fsp3) is 0.300. The highest BCUT2D eigenvalue weighted by molar-refractivity contribution is 6.05. The van der Waals surface area contributed by atoms with E-state index in [1.54, 1.807) is 42.0 Å². The number of benzene rings is 1. The molecule has 1 saturated heterocycles. The maximum atomic E-state index is 12.7. The number of aryl methyl sites for hydroxylation is 2. The monoisotopic (exact) mass is 363 g/mol. The minimum atomic E-state index is -0.251. The molecule has 1 aliphatic rings. The summed E-state index contributed by atoms with van der Waals surface area (Å²) in [7, 11) is 0. The van der Waals surface area contributed by atoms with Gasteiger partial charge in [0.15, 0.2) is 5.65 Å². The van der Waals surface area contributed by atoms with Crippen molar-refractivity contribution in [3.63, 3.8) is 0 Å². The molecule has 1 fully saturated rings. The van der Waals surface area contributed by atoms with Gasteiger partial charge >= 0.3 is 0 Å². The summed E-state index contributed by atoms with van der Waals surface area (Å²) in [5, 5.41) is 7.04. The van der Waals surface area contributed by atoms with Crippen LogP contribution in [0.25, 0.3) is 5.65 Å². The third kappa shape index (κ3) is 3.28. The Morgan fingerprint density at radius 1 is 1.11 bits per heavy atom. The van der Waals surface area contributed by atoms with Gasteiger partial charge in [-0.15, -0.1) is 0 Å². The Morgan fingerprint density at radius 3 is 2.63 bits per heavy atom. The number of rotatable bonds is 3. The van der Waals surface area contributed by atoms with Crippen LogP contribution in [0.2, 0.25) is 0 Å². The number of nitrogens with zero attached hydrogens (tertiary/aromatic N) is 4. The summed E-state index contributed by atoms with van der Waals surface area (Å²) in [5.41, 5.74) is 3.98. The van der Waals surface area contributed by atoms with Gasteiger partial charge in [0.05, 0.1) is 17.5 Å². The van der Waals surface area contributed by atoms with Crippen molar-refractivity contribution in [1.82, 2.24) is 19.5 Å². The summed E-state index contributed by atoms with van der Waals surface area (Å²) in [6.45, 7) is 5.32. The number of hydrogen-bond donors (Lipinski definition) is 1. The summed E-state index contributed by atoms with van der Waals surface area (Å²) in [6.07, 6.45) is 5.44. The number of carbonyl (C=O) groups is 2. The van der Waals surface area contributed by atoms with Crippen LogP contribution in [0.3, 0.4) is 0 Å². The Bertz CT molecular complexity index is 1030. The molecule has 1 aromatic carbocycles. The predicted octanol–water partition coefficient (Wildman–Crippen LogP) is 2.83. The number of anilines is 1. The second kappa shape index (κ2) is 6.83. The van der Waals surface area contributed by atoms with Crippen molar-refractivity contribution in [2.75, 3.05) is 18.4 Å². The van der Waals surface area contributed by atoms with Gasteiger partial charge in [-0.05, 0) is 50.5 Å². The van der Waals surface area contributed by atoms with Crippen LogP contribution in [0.5, 0.6) is 0 Å². The third-order valence-electron chi connectivity index (χ3n) is 4.93. The molecule has 3 heterocycles. The highest BCUT2D eigenvalue weighted by Crippen LogP contribution is 2.21. The summed E-state index contributed by atoms with van der Waals surface area (Å²) in [5.74, 6) is -0.197. The third-order valence-corrected chi connectivity index (χ3v) is 4.93. The fourth-order valence-corrected chi connectivity index (χ4v) is 3.40. The van der Waals surface area contributed by atoms with Crippen molar-refractivity contribution in [3.05, 3.63) is 59.0 Å². The lowest BCUT2D eigenvalue weighted by Gasteiger charge is -2.16. The quantitative estimate of drug-likeness (QED) is 0.776. The minimum Gasteiger partial charge on any atom is -0.339 e. The van der Waals surface area contributed by atoms with Gasteiger partial charge in [-0.3, -0.25) is 9.59 Å². The molecule has 0 unspecified atom stereocenters. The Kier molecular flexibility index (Phi) is 4.35. The Hall–Kier alpha value is -3.22. The second-order valence-corrected chi connectivity index (χ2v) is 6.86. The summed E-state index contributed by atoms with van der Waals surface area (Å²) < 4.78 is 1.58. The number of amides is 2. The molecule has 0 bridgehead atoms. The smallest absolute Gasteiger partial charge is 0.259 e. The number of fused-ring (bicyclic) bond motifs is 1. The first kappa shape index (κ1) is 17.2. The molecule has 0 aliphatic carbocycles. The number of likely N-dealkylation sites (tertiary alicyclic amines) is 1. The lowest BCUT2D eigenvalue weighted by Crippen LogP contribution is -2.27. The largest absolute Gasteiger partial charge is 0.339 e. The van der Waals surface area contributed by atoms with Gasteiger partial charge in [-0.1, -0.05) is 0 Å². The van der Waals surface area contributed by atoms with Crippen LogP contribution in [-0.4, -0.2) is 44.4 Å². The molecule has 138 valence electrons. The van der Waals surface area contributed by atoms with E-state index in [0.29, 0.717) is 28.2 Å². The Labute approximate surface area is 157 Å². The SMILES string of the molecule is Cc1cc(C(=O)N2CCCC2)ccc1NC(=O)c1cn2nccc2nc1C. The minimum absolute atomic E-state index is 0.0534. The van der Waals surface area contributed by atoms with Crippen LogP contribution in [0, 0.1) is 13.8 Å². The van der Waals surface area contributed by atoms with Crippen molar-refractivity contribution in [2.45, 2.75) is 26.7 Å². The average Bonchev–Trinajstić information content (AvgIpc) is 3.33. The van der Waals surface area contributed by atoms with Crippen LogP contribution < -0.4 is 5.32 Å². The number of carbonyl (C=O) groups excluding carboxylic acids is 2. The van der Waals surface area contributed by atoms with Gasteiger partial charge in [-0.25, -0.2) is 9.50 Å². The molecule has 4 rings (SSSR count). The van der Waals surface area contributed by atoms with Gasteiger partial charge in [0.2, 0.25) is 0 Å². The van der Waals surface area contributed by atoms with Crippen molar-refractivity contribution >= 4 is 23.1 Å². The molecule has 1 aliphatic heterocycles. The van der Waals surface area contributed by atoms with Gasteiger partial charge in [0.25, 0.3) is 11.8 Å². The van der Waals surface area contributed by atoms with Gasteiger partial charge in [-0.2, -0.15) is 5.10 Å². The summed E-state index contributed by atoms with van der Waals surface area (Å²) >= 11 is 0. The second-order valence-electron chi connectivity index (χ2n) is 6.86. The molecular formula is C20H21N5O2. The standard InChI is InChI=1S/C20H21N5O2/c1-13-11-15(20(27)24-9-3-4-10-24)5-6-17(13)23-19(26)16-12-25-18(7-8-21-25)22-14(16)2/h5-8,11-12H,3-4,9-10H2,1-2H3,(H,23,26). The van der Waals surface area contributed by atoms with Crippen molar-refractivity contribution < 1.29 is 9.59 Å². The van der Waals surface area contributed by atoms with Gasteiger partial charge in [0, 0.05) is 36.6 Å². The van der Waals surface area contributed by atoms with E-state index >= 15 is 0 Å². The molecular weight excluding hydrogens is 342 g/mol. The summed E-state index contributed by atoms with van der Waals surface area (Å²) in [4.78, 5) is 31.5. The van der Waals surface area contributed by atoms with E-state index in [9.17, 15) is 9.59 Å². The van der Waals surface area contributed by atoms with Crippen LogP contribution in [0.15, 0.2) is 36.7 Å². The molecule has 0 atom stereocenters. The van der Waals surface area contributed by atoms with E-state index in [2.05, 4.69) is 15.4 Å². The molecule has 2 aromatic heterocycles. The van der Waals surface area contributed by atoms with Crippen LogP contribution in [0.1, 0.15) is 44.8 Å². The zero-order chi connectivity index (χ0) is 19.0. The molecule has 0 saturated carbocycles. The Balaban J connectivity index is 1.55. The fourth-order valence-electron chi connectivity index (χ4n) is 3.40. The maximum Gasteiger partial charge on any atom is 0.259 e. The van der Waals surface area contributed by atoms with Crippen molar-refractivity contribution in [2.24, 2.45) is 0 Å². The van der Waals surface area contributed by atoms with E-state index in [0.717, 1.165) is 31.5 Å². The predicted molar refractivity (Wildman–Crippen MR) is 102 cm³/mol. The highest BCUT2D eigenvalue weighted by Gasteiger charge is 2.20. The van der Waals surface area contributed by atoms with Crippen LogP contribution in [0.4, 0.5) is 5.69 Å². The molecule has 0 radical (unpaired) electrons. The van der Waals surface area contributed by atoms with E-state index in [1.807, 2.05) is 17.9 Å². The van der Waals surface area contributed by atoms with E-state index in [4.69, 9.17) is 0 Å². The molecule has 7 heteroatoms. The number of aromatic nitrogens is 3. The van der Waals surface area contributed by atoms with Crippen LogP contribution >= 0.6 is 0 Å². The zero-order valence-electron chi connectivity index (χ0n) is 15.4. The topological polar surface area (TPSA) is 79.6 Å². The maximum absolute atomic E-state index is 12.7. The van der Waals surface area contributed by atoms with E-state index in [-0.39, 0.29) is 11.8 Å². The van der Waals surface area contributed by atoms with Crippen molar-refractivity contribution in [3.8, 4) is 0 Å². The number of nitrogens with one attached hydrogen (secondary N) is 1. The van der Waals surface area contributed by atoms with E-state index in [1.165, 1.54) is 0 Å². The highest BCUT2D eigenvalue weighted by atomic mass is 16.2. The summed E-state index contributed by atoms with van der Waals surface area (Å²) in [6, 6.07) is 7.17. The van der Waals surface area contributed by atoms with Crippen molar-refractivity contribution in [1.29, 1.82) is 0 Å². The lowest BCUT2D eigenvalue weighted by atomic mass is 10.1. The normalized spacial score (nSPS) is 13.9. The molecule has 27 heavy (non-hydrogen) atoms. The Morgan fingerprint density at radius 2 is 1.89 bits per heavy atom. The zero-order valence-corrected chi connectivity index (χ0v) is 15.4. The van der Waals surface area contributed by atoms with Gasteiger partial charge in [0.1, 0.15) is 0 Å². The molecule has 3 aromatic rings. The first-order chi connectivity index (χ1) is 13.0. The first-order valence-corrected chi connectivity index (χ1v) is 9.05. The van der Waals surface area contributed by atoms with Crippen LogP contribution in [-0.2, 0) is 0 Å². The average molecular weight is 363 g/mol. The molecule has 7 nitrogen and oxygen atoms in total. The van der Waals surface area contributed by atoms with E-state index < -0.39 is 0 Å². The molecule has 2 amide bonds. The molecule has 1 N–H and O–H groups in total. The van der Waals surface area contributed by atoms with Gasteiger partial charge < -0.3 is 10.2 Å². The number of hydrogen-bond acceptors (Lipinski definition) is 4. The molecule has 0 spiro atoms. The lowest BCUT2D eigenvalue weighted by molar-refractivity contribution is 0.0792.